The molecule has 3 aromatic heterocycles. The Hall–Kier alpha value is -2.62. The van der Waals surface area contributed by atoms with E-state index in [2.05, 4.69) is 29.6 Å². The van der Waals surface area contributed by atoms with Gasteiger partial charge in [-0.2, -0.15) is 10.1 Å². The van der Waals surface area contributed by atoms with Gasteiger partial charge in [-0.1, -0.05) is 50.1 Å². The lowest BCUT2D eigenvalue weighted by Gasteiger charge is -2.30. The third kappa shape index (κ3) is 4.82. The molecule has 39 heavy (non-hydrogen) atoms. The van der Waals surface area contributed by atoms with E-state index in [0.29, 0.717) is 41.5 Å². The molecule has 0 unspecified atom stereocenters. The minimum absolute atomic E-state index is 0.0446. The minimum Gasteiger partial charge on any atom is -0.361 e. The van der Waals surface area contributed by atoms with Crippen LogP contribution >= 0.6 is 11.6 Å². The van der Waals surface area contributed by atoms with E-state index >= 15 is 0 Å². The molecule has 0 N–H and O–H groups in total. The summed E-state index contributed by atoms with van der Waals surface area (Å²) in [6.45, 7) is 8.09. The summed E-state index contributed by atoms with van der Waals surface area (Å²) >= 11 is 6.96. The van der Waals surface area contributed by atoms with Crippen LogP contribution in [-0.4, -0.2) is 50.7 Å². The van der Waals surface area contributed by atoms with Crippen molar-refractivity contribution in [2.24, 2.45) is 14.1 Å². The lowest BCUT2D eigenvalue weighted by atomic mass is 10.0. The summed E-state index contributed by atoms with van der Waals surface area (Å²) in [5, 5.41) is 6.54. The zero-order valence-corrected chi connectivity index (χ0v) is 25.5. The number of ether oxygens (including phenoxy) is 1. The maximum Gasteiger partial charge on any atom is 0.264 e. The molecule has 0 spiro atoms. The van der Waals surface area contributed by atoms with E-state index in [1.807, 2.05) is 43.2 Å². The van der Waals surface area contributed by atoms with Crippen molar-refractivity contribution < 1.29 is 4.74 Å². The van der Waals surface area contributed by atoms with E-state index in [9.17, 15) is 4.79 Å². The zero-order chi connectivity index (χ0) is 27.5. The summed E-state index contributed by atoms with van der Waals surface area (Å²) in [5.41, 5.74) is 3.05. The molecule has 2 aliphatic rings. The molecule has 2 saturated heterocycles. The number of anilines is 1. The van der Waals surface area contributed by atoms with E-state index in [1.165, 1.54) is 25.7 Å². The predicted octanol–water partition coefficient (Wildman–Crippen LogP) is 6.17. The number of benzene rings is 1. The average molecular weight is 567 g/mol. The van der Waals surface area contributed by atoms with E-state index in [4.69, 9.17) is 21.3 Å². The lowest BCUT2D eigenvalue weighted by Crippen LogP contribution is -2.39. The van der Waals surface area contributed by atoms with Crippen molar-refractivity contribution in [3.8, 4) is 11.1 Å². The smallest absolute Gasteiger partial charge is 0.264 e. The Kier molecular flexibility index (Phi) is 6.88. The molecule has 2 atom stereocenters. The van der Waals surface area contributed by atoms with Gasteiger partial charge in [-0.3, -0.25) is 14.0 Å². The topological polar surface area (TPSA) is 70.1 Å². The fraction of sp³-hybridized carbons (Fsp3) is 0.552. The molecule has 208 valence electrons. The van der Waals surface area contributed by atoms with Gasteiger partial charge < -0.3 is 14.2 Å². The molecule has 2 bridgehead atoms. The zero-order valence-electron chi connectivity index (χ0n) is 23.7. The van der Waals surface area contributed by atoms with Gasteiger partial charge in [0.15, 0.2) is 5.65 Å². The Morgan fingerprint density at radius 3 is 2.44 bits per heavy atom. The molecular formula is C29H39ClN6O2Si. The second-order valence-electron chi connectivity index (χ2n) is 12.6. The van der Waals surface area contributed by atoms with E-state index in [0.717, 1.165) is 46.9 Å². The average Bonchev–Trinajstić information content (AvgIpc) is 3.50. The van der Waals surface area contributed by atoms with Crippen molar-refractivity contribution in [2.75, 3.05) is 11.5 Å². The predicted molar refractivity (Wildman–Crippen MR) is 162 cm³/mol. The van der Waals surface area contributed by atoms with Gasteiger partial charge in [0, 0.05) is 69.8 Å². The van der Waals surface area contributed by atoms with Gasteiger partial charge in [0.05, 0.1) is 15.9 Å². The molecule has 0 radical (unpaired) electrons. The highest BCUT2D eigenvalue weighted by atomic mass is 35.5. The molecule has 1 aromatic carbocycles. The number of aryl methyl sites for hydroxylation is 1. The van der Waals surface area contributed by atoms with Crippen molar-refractivity contribution in [1.82, 2.24) is 23.9 Å². The Bertz CT molecular complexity index is 1590. The first-order chi connectivity index (χ1) is 18.6. The van der Waals surface area contributed by atoms with Gasteiger partial charge >= 0.3 is 0 Å². The molecule has 8 nitrogen and oxygen atoms in total. The van der Waals surface area contributed by atoms with Gasteiger partial charge in [0.25, 0.3) is 5.56 Å². The second-order valence-corrected chi connectivity index (χ2v) is 18.6. The number of fused-ring (bicyclic) bond motifs is 4. The highest BCUT2D eigenvalue weighted by Crippen LogP contribution is 2.40. The first-order valence-electron chi connectivity index (χ1n) is 14.2. The Morgan fingerprint density at radius 1 is 1.03 bits per heavy atom. The lowest BCUT2D eigenvalue weighted by molar-refractivity contribution is 0.0899. The summed E-state index contributed by atoms with van der Waals surface area (Å²) in [6.07, 6.45) is 11.1. The van der Waals surface area contributed by atoms with Crippen LogP contribution < -0.4 is 10.5 Å². The van der Waals surface area contributed by atoms with E-state index < -0.39 is 8.07 Å². The van der Waals surface area contributed by atoms with Crippen LogP contribution in [0.4, 0.5) is 5.95 Å². The molecule has 2 fully saturated rings. The van der Waals surface area contributed by atoms with Gasteiger partial charge in [0.1, 0.15) is 6.73 Å². The van der Waals surface area contributed by atoms with E-state index in [-0.39, 0.29) is 5.56 Å². The third-order valence-electron chi connectivity index (χ3n) is 8.50. The number of aromatic nitrogens is 5. The Labute approximate surface area is 235 Å². The SMILES string of the molecule is Cn1cc2c(Cl)c(-c3cn(COCC[Si](C)(C)C)c4nc(N5[C@@H]6CCCC[C@H]5CC6)n(C)c(=O)c34)ccc2n1. The second kappa shape index (κ2) is 10.1. The molecule has 2 aliphatic heterocycles. The molecule has 4 aromatic rings. The van der Waals surface area contributed by atoms with Crippen molar-refractivity contribution in [2.45, 2.75) is 83.0 Å². The van der Waals surface area contributed by atoms with Crippen LogP contribution in [0, 0.1) is 0 Å². The van der Waals surface area contributed by atoms with Crippen LogP contribution in [0.1, 0.15) is 38.5 Å². The molecule has 10 heteroatoms. The van der Waals surface area contributed by atoms with E-state index in [1.54, 1.807) is 9.25 Å². The quantitative estimate of drug-likeness (QED) is 0.198. The number of hydrogen-bond donors (Lipinski definition) is 0. The fourth-order valence-corrected chi connectivity index (χ4v) is 7.45. The highest BCUT2D eigenvalue weighted by molar-refractivity contribution is 6.76. The van der Waals surface area contributed by atoms with Crippen LogP contribution in [0.3, 0.4) is 0 Å². The number of rotatable bonds is 7. The first kappa shape index (κ1) is 26.6. The van der Waals surface area contributed by atoms with Crippen LogP contribution in [-0.2, 0) is 25.6 Å². The van der Waals surface area contributed by atoms with Crippen LogP contribution in [0.15, 0.2) is 29.3 Å². The standard InChI is InChI=1S/C29H39ClN6O2Si/c1-33-16-23-24(32-33)13-12-21(26(23)30)22-17-35(18-38-14-15-39(3,4)5)27-25(22)28(37)34(2)29(31-27)36-19-8-6-7-9-20(36)11-10-19/h12-13,16-17,19-20H,6-11,14-15,18H2,1-5H3/t19-,20+. The first-order valence-corrected chi connectivity index (χ1v) is 18.3. The number of hydrogen-bond acceptors (Lipinski definition) is 5. The molecule has 5 heterocycles. The van der Waals surface area contributed by atoms with Crippen LogP contribution in [0.25, 0.3) is 33.1 Å². The normalized spacial score (nSPS) is 19.9. The minimum atomic E-state index is -1.22. The van der Waals surface area contributed by atoms with Crippen molar-refractivity contribution in [3.05, 3.63) is 39.9 Å². The fourth-order valence-electron chi connectivity index (χ4n) is 6.38. The van der Waals surface area contributed by atoms with Gasteiger partial charge in [-0.05, 0) is 37.8 Å². The molecule has 0 aliphatic carbocycles. The molecule has 0 saturated carbocycles. The van der Waals surface area contributed by atoms with Gasteiger partial charge in [0.2, 0.25) is 5.95 Å². The maximum absolute atomic E-state index is 14.1. The van der Waals surface area contributed by atoms with Crippen LogP contribution in [0.5, 0.6) is 0 Å². The maximum atomic E-state index is 14.1. The van der Waals surface area contributed by atoms with Crippen molar-refractivity contribution >= 4 is 47.6 Å². The van der Waals surface area contributed by atoms with Gasteiger partial charge in [-0.25, -0.2) is 0 Å². The van der Waals surface area contributed by atoms with Crippen molar-refractivity contribution in [3.63, 3.8) is 0 Å². The Morgan fingerprint density at radius 2 is 1.74 bits per heavy atom. The Balaban J connectivity index is 1.50. The highest BCUT2D eigenvalue weighted by Gasteiger charge is 2.37. The molecule has 0 amide bonds. The summed E-state index contributed by atoms with van der Waals surface area (Å²) in [7, 11) is 2.53. The monoisotopic (exact) mass is 566 g/mol. The number of halogens is 1. The van der Waals surface area contributed by atoms with Crippen LogP contribution in [0.2, 0.25) is 30.7 Å². The van der Waals surface area contributed by atoms with Gasteiger partial charge in [-0.15, -0.1) is 0 Å². The largest absolute Gasteiger partial charge is 0.361 e. The summed E-state index contributed by atoms with van der Waals surface area (Å²) in [4.78, 5) is 21.8. The molecular weight excluding hydrogens is 528 g/mol. The summed E-state index contributed by atoms with van der Waals surface area (Å²) < 4.78 is 11.7. The summed E-state index contributed by atoms with van der Waals surface area (Å²) in [6, 6.07) is 5.91. The van der Waals surface area contributed by atoms with Crippen molar-refractivity contribution in [1.29, 1.82) is 0 Å². The molecule has 6 rings (SSSR count). The summed E-state index contributed by atoms with van der Waals surface area (Å²) in [5.74, 6) is 0.781. The number of nitrogens with zero attached hydrogens (tertiary/aromatic N) is 6. The third-order valence-corrected chi connectivity index (χ3v) is 10.6.